The quantitative estimate of drug-likeness (QED) is 0.888. The van der Waals surface area contributed by atoms with Crippen LogP contribution in [0.4, 0.5) is 18.9 Å². The standard InChI is InChI=1S/C13H15F3N2O/c1-8(19)12(2,3)18-10-4-5-11(13(14,15)16)9(6-10)7-17/h4-6,8,18-19H,1-3H3. The van der Waals surface area contributed by atoms with Crippen molar-refractivity contribution >= 4 is 5.69 Å². The van der Waals surface area contributed by atoms with Crippen molar-refractivity contribution < 1.29 is 18.3 Å². The molecule has 0 heterocycles. The van der Waals surface area contributed by atoms with Gasteiger partial charge in [0.25, 0.3) is 0 Å². The minimum atomic E-state index is -4.55. The smallest absolute Gasteiger partial charge is 0.391 e. The van der Waals surface area contributed by atoms with Crippen molar-refractivity contribution in [1.29, 1.82) is 5.26 Å². The van der Waals surface area contributed by atoms with Gasteiger partial charge in [-0.1, -0.05) is 0 Å². The molecule has 1 rings (SSSR count). The fourth-order valence-electron chi connectivity index (χ4n) is 1.44. The molecule has 0 aromatic heterocycles. The number of rotatable bonds is 3. The molecular weight excluding hydrogens is 257 g/mol. The molecule has 19 heavy (non-hydrogen) atoms. The normalized spacial score (nSPS) is 13.8. The Morgan fingerprint density at radius 1 is 1.32 bits per heavy atom. The number of benzene rings is 1. The van der Waals surface area contributed by atoms with Gasteiger partial charge in [-0.25, -0.2) is 0 Å². The van der Waals surface area contributed by atoms with E-state index in [1.165, 1.54) is 12.1 Å². The monoisotopic (exact) mass is 272 g/mol. The van der Waals surface area contributed by atoms with Crippen LogP contribution in [-0.2, 0) is 6.18 Å². The maximum absolute atomic E-state index is 12.6. The van der Waals surface area contributed by atoms with E-state index in [2.05, 4.69) is 5.32 Å². The Labute approximate surface area is 109 Å². The van der Waals surface area contributed by atoms with Crippen molar-refractivity contribution in [1.82, 2.24) is 0 Å². The third-order valence-corrected chi connectivity index (χ3v) is 2.96. The Balaban J connectivity index is 3.13. The largest absolute Gasteiger partial charge is 0.417 e. The van der Waals surface area contributed by atoms with E-state index in [4.69, 9.17) is 5.26 Å². The number of halogens is 3. The Kier molecular flexibility index (Phi) is 4.11. The zero-order chi connectivity index (χ0) is 14.8. The summed E-state index contributed by atoms with van der Waals surface area (Å²) in [6, 6.07) is 4.77. The van der Waals surface area contributed by atoms with Crippen LogP contribution in [-0.4, -0.2) is 16.7 Å². The van der Waals surface area contributed by atoms with Gasteiger partial charge < -0.3 is 10.4 Å². The van der Waals surface area contributed by atoms with Gasteiger partial charge in [0.2, 0.25) is 0 Å². The average Bonchev–Trinajstić information content (AvgIpc) is 2.26. The van der Waals surface area contributed by atoms with Crippen molar-refractivity contribution in [3.05, 3.63) is 29.3 Å². The SMILES string of the molecule is CC(O)C(C)(C)Nc1ccc(C(F)(F)F)c(C#N)c1. The molecule has 0 radical (unpaired) electrons. The maximum Gasteiger partial charge on any atom is 0.417 e. The number of aliphatic hydroxyl groups excluding tert-OH is 1. The number of hydrogen-bond acceptors (Lipinski definition) is 3. The van der Waals surface area contributed by atoms with Gasteiger partial charge in [-0.05, 0) is 39.0 Å². The highest BCUT2D eigenvalue weighted by Crippen LogP contribution is 2.33. The average molecular weight is 272 g/mol. The van der Waals surface area contributed by atoms with E-state index in [1.54, 1.807) is 20.8 Å². The fourth-order valence-corrected chi connectivity index (χ4v) is 1.44. The molecule has 0 aliphatic carbocycles. The van der Waals surface area contributed by atoms with Gasteiger partial charge >= 0.3 is 6.18 Å². The number of nitriles is 1. The first-order valence-corrected chi connectivity index (χ1v) is 5.65. The van der Waals surface area contributed by atoms with Crippen LogP contribution in [0.1, 0.15) is 31.9 Å². The third kappa shape index (κ3) is 3.61. The minimum Gasteiger partial charge on any atom is -0.391 e. The van der Waals surface area contributed by atoms with Crippen LogP contribution >= 0.6 is 0 Å². The van der Waals surface area contributed by atoms with Gasteiger partial charge in [0.15, 0.2) is 0 Å². The molecule has 0 fully saturated rings. The van der Waals surface area contributed by atoms with Gasteiger partial charge in [-0.3, -0.25) is 0 Å². The van der Waals surface area contributed by atoms with E-state index in [0.717, 1.165) is 12.1 Å². The van der Waals surface area contributed by atoms with E-state index in [1.807, 2.05) is 0 Å². The first kappa shape index (κ1) is 15.3. The summed E-state index contributed by atoms with van der Waals surface area (Å²) in [5.41, 5.74) is -1.77. The number of aliphatic hydroxyl groups is 1. The van der Waals surface area contributed by atoms with Crippen LogP contribution in [0.3, 0.4) is 0 Å². The lowest BCUT2D eigenvalue weighted by atomic mass is 9.97. The summed E-state index contributed by atoms with van der Waals surface area (Å²) in [6.07, 6.45) is -5.26. The molecule has 1 atom stereocenters. The second-order valence-corrected chi connectivity index (χ2v) is 4.89. The predicted octanol–water partition coefficient (Wildman–Crippen LogP) is 3.15. The first-order valence-electron chi connectivity index (χ1n) is 5.65. The summed E-state index contributed by atoms with van der Waals surface area (Å²) in [5.74, 6) is 0. The van der Waals surface area contributed by atoms with E-state index >= 15 is 0 Å². The number of anilines is 1. The molecule has 0 aliphatic rings. The Hall–Kier alpha value is -1.74. The second-order valence-electron chi connectivity index (χ2n) is 4.89. The van der Waals surface area contributed by atoms with E-state index in [-0.39, 0.29) is 0 Å². The van der Waals surface area contributed by atoms with Crippen LogP contribution in [0.5, 0.6) is 0 Å². The van der Waals surface area contributed by atoms with Gasteiger partial charge in [-0.2, -0.15) is 18.4 Å². The Morgan fingerprint density at radius 2 is 1.89 bits per heavy atom. The summed E-state index contributed by atoms with van der Waals surface area (Å²) in [7, 11) is 0. The lowest BCUT2D eigenvalue weighted by Gasteiger charge is -2.30. The van der Waals surface area contributed by atoms with Crippen molar-refractivity contribution in [3.63, 3.8) is 0 Å². The zero-order valence-electron chi connectivity index (χ0n) is 10.8. The minimum absolute atomic E-state index is 0.357. The molecule has 1 aromatic rings. The van der Waals surface area contributed by atoms with E-state index < -0.39 is 28.9 Å². The highest BCUT2D eigenvalue weighted by Gasteiger charge is 2.34. The molecule has 0 amide bonds. The van der Waals surface area contributed by atoms with E-state index in [9.17, 15) is 18.3 Å². The van der Waals surface area contributed by atoms with Crippen LogP contribution in [0, 0.1) is 11.3 Å². The van der Waals surface area contributed by atoms with Crippen molar-refractivity contribution in [2.24, 2.45) is 0 Å². The van der Waals surface area contributed by atoms with Crippen LogP contribution < -0.4 is 5.32 Å². The number of alkyl halides is 3. The highest BCUT2D eigenvalue weighted by molar-refractivity contribution is 5.54. The van der Waals surface area contributed by atoms with Crippen molar-refractivity contribution in [2.75, 3.05) is 5.32 Å². The molecule has 0 aliphatic heterocycles. The van der Waals surface area contributed by atoms with Crippen LogP contribution in [0.15, 0.2) is 18.2 Å². The molecule has 2 N–H and O–H groups in total. The molecule has 0 saturated heterocycles. The molecule has 0 saturated carbocycles. The predicted molar refractivity (Wildman–Crippen MR) is 65.5 cm³/mol. The number of nitrogens with zero attached hydrogens (tertiary/aromatic N) is 1. The molecule has 3 nitrogen and oxygen atoms in total. The second kappa shape index (κ2) is 5.10. The summed E-state index contributed by atoms with van der Waals surface area (Å²) in [4.78, 5) is 0. The maximum atomic E-state index is 12.6. The van der Waals surface area contributed by atoms with Crippen molar-refractivity contribution in [3.8, 4) is 6.07 Å². The molecule has 0 bridgehead atoms. The molecule has 104 valence electrons. The Morgan fingerprint density at radius 3 is 2.32 bits per heavy atom. The number of hydrogen-bond donors (Lipinski definition) is 2. The lowest BCUT2D eigenvalue weighted by molar-refractivity contribution is -0.137. The number of nitrogens with one attached hydrogen (secondary N) is 1. The summed E-state index contributed by atoms with van der Waals surface area (Å²) >= 11 is 0. The summed E-state index contributed by atoms with van der Waals surface area (Å²) in [5, 5.41) is 21.2. The van der Waals surface area contributed by atoms with Crippen molar-refractivity contribution in [2.45, 2.75) is 38.6 Å². The summed E-state index contributed by atoms with van der Waals surface area (Å²) in [6.45, 7) is 4.99. The van der Waals surface area contributed by atoms with E-state index in [0.29, 0.717) is 5.69 Å². The fraction of sp³-hybridized carbons (Fsp3) is 0.462. The van der Waals surface area contributed by atoms with Gasteiger partial charge in [0, 0.05) is 5.69 Å². The molecular formula is C13H15F3N2O. The highest BCUT2D eigenvalue weighted by atomic mass is 19.4. The molecule has 0 spiro atoms. The van der Waals surface area contributed by atoms with Gasteiger partial charge in [-0.15, -0.1) is 0 Å². The van der Waals surface area contributed by atoms with Gasteiger partial charge in [0.1, 0.15) is 0 Å². The first-order chi connectivity index (χ1) is 8.58. The summed E-state index contributed by atoms with van der Waals surface area (Å²) < 4.78 is 37.9. The lowest BCUT2D eigenvalue weighted by Crippen LogP contribution is -2.41. The third-order valence-electron chi connectivity index (χ3n) is 2.96. The molecule has 1 unspecified atom stereocenters. The zero-order valence-corrected chi connectivity index (χ0v) is 10.8. The van der Waals surface area contributed by atoms with Crippen LogP contribution in [0.25, 0.3) is 0 Å². The topological polar surface area (TPSA) is 56.0 Å². The Bertz CT molecular complexity index is 502. The van der Waals surface area contributed by atoms with Gasteiger partial charge in [0.05, 0.1) is 28.8 Å². The van der Waals surface area contributed by atoms with Crippen LogP contribution in [0.2, 0.25) is 0 Å². The molecule has 6 heteroatoms. The molecule has 1 aromatic carbocycles.